The van der Waals surface area contributed by atoms with Gasteiger partial charge in [-0.1, -0.05) is 0 Å². The molecule has 0 aromatic heterocycles. The molecular weight excluding hydrogens is 398 g/mol. The van der Waals surface area contributed by atoms with Crippen molar-refractivity contribution in [3.05, 3.63) is 22.2 Å². The number of hydrazine groups is 1. The summed E-state index contributed by atoms with van der Waals surface area (Å²) in [6, 6.07) is 1.83. The van der Waals surface area contributed by atoms with E-state index in [0.717, 1.165) is 0 Å². The molecule has 1 aromatic rings. The number of hydrogen-bond acceptors (Lipinski definition) is 7. The van der Waals surface area contributed by atoms with Crippen LogP contribution in [0.15, 0.2) is 21.7 Å². The van der Waals surface area contributed by atoms with Gasteiger partial charge in [-0.25, -0.2) is 15.6 Å². The number of nitrogens with zero attached hydrogens (tertiary/aromatic N) is 1. The lowest BCUT2D eigenvalue weighted by molar-refractivity contribution is -0.124. The van der Waals surface area contributed by atoms with Crippen molar-refractivity contribution in [2.45, 2.75) is 18.9 Å². The van der Waals surface area contributed by atoms with Crippen LogP contribution in [0.2, 0.25) is 0 Å². The van der Waals surface area contributed by atoms with Gasteiger partial charge in [0.2, 0.25) is 11.8 Å². The highest BCUT2D eigenvalue weighted by atomic mass is 79.9. The second-order valence-electron chi connectivity index (χ2n) is 5.03. The van der Waals surface area contributed by atoms with Crippen molar-refractivity contribution >= 4 is 40.0 Å². The van der Waals surface area contributed by atoms with Gasteiger partial charge in [-0.05, 0) is 40.0 Å². The average molecular weight is 414 g/mol. The first-order chi connectivity index (χ1) is 11.9. The highest BCUT2D eigenvalue weighted by molar-refractivity contribution is 9.10. The van der Waals surface area contributed by atoms with Crippen LogP contribution in [0.1, 0.15) is 18.4 Å². The molecule has 2 rings (SSSR count). The lowest BCUT2D eigenvalue weighted by atomic mass is 10.1. The maximum absolute atomic E-state index is 11.7. The van der Waals surface area contributed by atoms with E-state index >= 15 is 0 Å². The second-order valence-corrected chi connectivity index (χ2v) is 5.88. The third-order valence-corrected chi connectivity index (χ3v) is 3.85. The van der Waals surface area contributed by atoms with Gasteiger partial charge in [0, 0.05) is 6.42 Å². The summed E-state index contributed by atoms with van der Waals surface area (Å²) in [6.07, 6.45) is 1.60. The Morgan fingerprint density at radius 3 is 2.92 bits per heavy atom. The molecule has 1 fully saturated rings. The molecule has 0 aliphatic carbocycles. The third-order valence-electron chi connectivity index (χ3n) is 3.25. The highest BCUT2D eigenvalue weighted by Crippen LogP contribution is 2.34. The van der Waals surface area contributed by atoms with Crippen molar-refractivity contribution in [2.24, 2.45) is 5.10 Å². The normalized spacial score (nSPS) is 17.1. The first-order valence-electron chi connectivity index (χ1n) is 7.15. The van der Waals surface area contributed by atoms with Crippen LogP contribution in [0.4, 0.5) is 4.79 Å². The molecule has 1 aliphatic heterocycles. The minimum absolute atomic E-state index is 0.0287. The molecule has 0 radical (unpaired) electrons. The van der Waals surface area contributed by atoms with Crippen LogP contribution in [0, 0.1) is 0 Å². The maximum atomic E-state index is 11.7. The fourth-order valence-electron chi connectivity index (χ4n) is 1.99. The summed E-state index contributed by atoms with van der Waals surface area (Å²) in [5, 5.41) is 15.6. The molecule has 10 nitrogen and oxygen atoms in total. The zero-order valence-corrected chi connectivity index (χ0v) is 14.7. The quantitative estimate of drug-likeness (QED) is 0.331. The molecule has 25 heavy (non-hydrogen) atoms. The van der Waals surface area contributed by atoms with Gasteiger partial charge in [-0.2, -0.15) is 5.10 Å². The van der Waals surface area contributed by atoms with Gasteiger partial charge in [0.05, 0.1) is 17.8 Å². The standard InChI is InChI=1S/C14H16BrN5O5/c1-25-10-5-7(4-8(15)12(10)22)6-16-19-11(21)3-2-9-13(23)17-14(24)20-18-9/h4-6,9,18,22H,2-3H2,1H3,(H,19,21)(H2,17,20,23,24)/b16-6+. The second kappa shape index (κ2) is 8.44. The topological polar surface area (TPSA) is 141 Å². The summed E-state index contributed by atoms with van der Waals surface area (Å²) < 4.78 is 5.44. The average Bonchev–Trinajstić information content (AvgIpc) is 2.57. The van der Waals surface area contributed by atoms with Crippen LogP contribution < -0.4 is 26.3 Å². The van der Waals surface area contributed by atoms with Crippen LogP contribution in [0.3, 0.4) is 0 Å². The van der Waals surface area contributed by atoms with Crippen molar-refractivity contribution in [1.29, 1.82) is 0 Å². The highest BCUT2D eigenvalue weighted by Gasteiger charge is 2.25. The van der Waals surface area contributed by atoms with E-state index in [-0.39, 0.29) is 24.3 Å². The summed E-state index contributed by atoms with van der Waals surface area (Å²) >= 11 is 3.18. The smallest absolute Gasteiger partial charge is 0.335 e. The molecule has 5 N–H and O–H groups in total. The minimum Gasteiger partial charge on any atom is -0.503 e. The van der Waals surface area contributed by atoms with E-state index in [1.54, 1.807) is 12.1 Å². The van der Waals surface area contributed by atoms with Crippen molar-refractivity contribution in [3.63, 3.8) is 0 Å². The third kappa shape index (κ3) is 5.16. The number of halogens is 1. The van der Waals surface area contributed by atoms with Gasteiger partial charge < -0.3 is 9.84 Å². The fraction of sp³-hybridized carbons (Fsp3) is 0.286. The van der Waals surface area contributed by atoms with Crippen LogP contribution in [0.25, 0.3) is 0 Å². The summed E-state index contributed by atoms with van der Waals surface area (Å²) in [5.74, 6) is -0.665. The lowest BCUT2D eigenvalue weighted by Gasteiger charge is -2.22. The largest absolute Gasteiger partial charge is 0.503 e. The van der Waals surface area contributed by atoms with E-state index in [9.17, 15) is 19.5 Å². The van der Waals surface area contributed by atoms with Crippen LogP contribution in [-0.2, 0) is 9.59 Å². The number of hydrogen-bond donors (Lipinski definition) is 5. The number of carbonyl (C=O) groups excluding carboxylic acids is 3. The lowest BCUT2D eigenvalue weighted by Crippen LogP contribution is -2.62. The van der Waals surface area contributed by atoms with E-state index in [4.69, 9.17) is 4.74 Å². The number of amides is 4. The number of aromatic hydroxyl groups is 1. The molecule has 0 saturated carbocycles. The SMILES string of the molecule is COc1cc(/C=N/NC(=O)CCC2NNC(=O)NC2=O)cc(Br)c1O. The number of carbonyl (C=O) groups is 3. The molecule has 1 atom stereocenters. The molecule has 0 spiro atoms. The maximum Gasteiger partial charge on any atom is 0.335 e. The molecule has 134 valence electrons. The number of ether oxygens (including phenoxy) is 1. The molecule has 0 bridgehead atoms. The Balaban J connectivity index is 1.83. The van der Waals surface area contributed by atoms with Crippen molar-refractivity contribution in [2.75, 3.05) is 7.11 Å². The number of benzene rings is 1. The fourth-order valence-corrected chi connectivity index (χ4v) is 2.45. The Labute approximate surface area is 151 Å². The van der Waals surface area contributed by atoms with Gasteiger partial charge in [0.25, 0.3) is 0 Å². The molecule has 1 saturated heterocycles. The number of hydrazone groups is 1. The van der Waals surface area contributed by atoms with E-state index < -0.39 is 23.9 Å². The van der Waals surface area contributed by atoms with E-state index in [0.29, 0.717) is 10.0 Å². The predicted octanol–water partition coefficient (Wildman–Crippen LogP) is 0.106. The number of rotatable bonds is 6. The zero-order valence-electron chi connectivity index (χ0n) is 13.1. The van der Waals surface area contributed by atoms with Gasteiger partial charge in [-0.15, -0.1) is 0 Å². The van der Waals surface area contributed by atoms with Gasteiger partial charge in [-0.3, -0.25) is 20.3 Å². The Hall–Kier alpha value is -2.66. The first kappa shape index (κ1) is 18.7. The van der Waals surface area contributed by atoms with Crippen LogP contribution in [-0.4, -0.2) is 42.3 Å². The van der Waals surface area contributed by atoms with Crippen LogP contribution >= 0.6 is 15.9 Å². The molecular formula is C14H16BrN5O5. The van der Waals surface area contributed by atoms with Gasteiger partial charge >= 0.3 is 6.03 Å². The van der Waals surface area contributed by atoms with Crippen molar-refractivity contribution in [3.8, 4) is 11.5 Å². The number of methoxy groups -OCH3 is 1. The van der Waals surface area contributed by atoms with Gasteiger partial charge in [0.1, 0.15) is 6.04 Å². The summed E-state index contributed by atoms with van der Waals surface area (Å²) in [5.41, 5.74) is 7.69. The molecule has 11 heteroatoms. The molecule has 4 amide bonds. The number of urea groups is 1. The number of imide groups is 1. The van der Waals surface area contributed by atoms with Crippen molar-refractivity contribution < 1.29 is 24.2 Å². The Bertz CT molecular complexity index is 724. The van der Waals surface area contributed by atoms with Crippen LogP contribution in [0.5, 0.6) is 11.5 Å². The molecule has 1 aromatic carbocycles. The first-order valence-corrected chi connectivity index (χ1v) is 7.94. The van der Waals surface area contributed by atoms with E-state index in [2.05, 4.69) is 42.6 Å². The predicted molar refractivity (Wildman–Crippen MR) is 90.9 cm³/mol. The molecule has 1 unspecified atom stereocenters. The Morgan fingerprint density at radius 2 is 2.24 bits per heavy atom. The number of phenolic OH excluding ortho intramolecular Hbond substituents is 1. The molecule has 1 aliphatic rings. The van der Waals surface area contributed by atoms with Crippen molar-refractivity contribution in [1.82, 2.24) is 21.6 Å². The summed E-state index contributed by atoms with van der Waals surface area (Å²) in [4.78, 5) is 34.1. The number of nitrogens with one attached hydrogen (secondary N) is 4. The zero-order chi connectivity index (χ0) is 18.4. The van der Waals surface area contributed by atoms with E-state index in [1.807, 2.05) is 0 Å². The monoisotopic (exact) mass is 413 g/mol. The number of phenols is 1. The van der Waals surface area contributed by atoms with Gasteiger partial charge in [0.15, 0.2) is 11.5 Å². The molecule has 1 heterocycles. The minimum atomic E-state index is -0.690. The summed E-state index contributed by atoms with van der Waals surface area (Å²) in [6.45, 7) is 0. The van der Waals surface area contributed by atoms with E-state index in [1.165, 1.54) is 13.3 Å². The Kier molecular flexibility index (Phi) is 6.31. The summed E-state index contributed by atoms with van der Waals surface area (Å²) in [7, 11) is 1.42. The Morgan fingerprint density at radius 1 is 1.48 bits per heavy atom.